The molecule has 0 saturated carbocycles. The lowest BCUT2D eigenvalue weighted by atomic mass is 10.0. The van der Waals surface area contributed by atoms with E-state index in [4.69, 9.17) is 17.3 Å². The van der Waals surface area contributed by atoms with Gasteiger partial charge in [-0.25, -0.2) is 0 Å². The topological polar surface area (TPSA) is 35.2 Å². The summed E-state index contributed by atoms with van der Waals surface area (Å²) in [5.41, 5.74) is 6.57. The van der Waals surface area contributed by atoms with E-state index in [9.17, 15) is 13.2 Å². The Kier molecular flexibility index (Phi) is 3.57. The van der Waals surface area contributed by atoms with E-state index in [1.807, 2.05) is 0 Å². The molecule has 2 nitrogen and oxygen atoms in total. The summed E-state index contributed by atoms with van der Waals surface area (Å²) in [6.07, 6.45) is -4.77. The minimum atomic E-state index is -4.77. The molecule has 0 unspecified atom stereocenters. The summed E-state index contributed by atoms with van der Waals surface area (Å²) in [5.74, 6) is -0.338. The summed E-state index contributed by atoms with van der Waals surface area (Å²) in [4.78, 5) is 0. The van der Waals surface area contributed by atoms with Crippen molar-refractivity contribution in [3.8, 4) is 16.9 Å². The highest BCUT2D eigenvalue weighted by Crippen LogP contribution is 2.40. The van der Waals surface area contributed by atoms with Gasteiger partial charge in [-0.15, -0.1) is 13.2 Å². The first kappa shape index (κ1) is 13.5. The fourth-order valence-electron chi connectivity index (χ4n) is 1.71. The zero-order valence-corrected chi connectivity index (χ0v) is 10.3. The summed E-state index contributed by atoms with van der Waals surface area (Å²) in [5, 5.41) is 0.262. The lowest BCUT2D eigenvalue weighted by Crippen LogP contribution is -2.17. The van der Waals surface area contributed by atoms with Crippen molar-refractivity contribution in [1.29, 1.82) is 0 Å². The number of hydrogen-bond donors (Lipinski definition) is 1. The van der Waals surface area contributed by atoms with Crippen molar-refractivity contribution in [2.45, 2.75) is 6.36 Å². The highest BCUT2D eigenvalue weighted by Gasteiger charge is 2.32. The van der Waals surface area contributed by atoms with E-state index in [0.29, 0.717) is 5.56 Å². The molecule has 0 fully saturated rings. The number of halogens is 4. The standard InChI is InChI=1S/C13H9ClF3NO/c14-9-5-3-6-10(18)12(9)8-4-1-2-7-11(8)19-13(15,16)17/h1-7H,18H2. The van der Waals surface area contributed by atoms with E-state index < -0.39 is 6.36 Å². The van der Waals surface area contributed by atoms with Crippen LogP contribution in [-0.4, -0.2) is 6.36 Å². The number of hydrogen-bond acceptors (Lipinski definition) is 2. The van der Waals surface area contributed by atoms with Gasteiger partial charge in [-0.1, -0.05) is 35.9 Å². The minimum absolute atomic E-state index is 0.197. The van der Waals surface area contributed by atoms with E-state index in [2.05, 4.69) is 4.74 Å². The Morgan fingerprint density at radius 2 is 1.68 bits per heavy atom. The van der Waals surface area contributed by atoms with Crippen molar-refractivity contribution in [2.75, 3.05) is 5.73 Å². The minimum Gasteiger partial charge on any atom is -0.405 e. The quantitative estimate of drug-likeness (QED) is 0.826. The number of anilines is 1. The number of para-hydroxylation sites is 1. The van der Waals surface area contributed by atoms with Gasteiger partial charge in [0.2, 0.25) is 0 Å². The molecule has 0 aliphatic heterocycles. The van der Waals surface area contributed by atoms with Gasteiger partial charge in [0.15, 0.2) is 0 Å². The fourth-order valence-corrected chi connectivity index (χ4v) is 2.00. The SMILES string of the molecule is Nc1cccc(Cl)c1-c1ccccc1OC(F)(F)F. The van der Waals surface area contributed by atoms with Crippen LogP contribution in [0.3, 0.4) is 0 Å². The fraction of sp³-hybridized carbons (Fsp3) is 0.0769. The zero-order chi connectivity index (χ0) is 14.0. The molecular formula is C13H9ClF3NO. The van der Waals surface area contributed by atoms with E-state index >= 15 is 0 Å². The Bertz CT molecular complexity index is 578. The maximum Gasteiger partial charge on any atom is 0.573 e. The van der Waals surface area contributed by atoms with Crippen molar-refractivity contribution in [2.24, 2.45) is 0 Å². The monoisotopic (exact) mass is 287 g/mol. The molecule has 2 aromatic rings. The molecule has 2 N–H and O–H groups in total. The van der Waals surface area contributed by atoms with Crippen LogP contribution >= 0.6 is 11.6 Å². The third-order valence-electron chi connectivity index (χ3n) is 2.43. The van der Waals surface area contributed by atoms with Crippen molar-refractivity contribution >= 4 is 17.3 Å². The first-order valence-electron chi connectivity index (χ1n) is 5.27. The first-order valence-corrected chi connectivity index (χ1v) is 5.65. The highest BCUT2D eigenvalue weighted by atomic mass is 35.5. The summed E-state index contributed by atoms with van der Waals surface area (Å²) in [6.45, 7) is 0. The third-order valence-corrected chi connectivity index (χ3v) is 2.74. The largest absolute Gasteiger partial charge is 0.573 e. The maximum atomic E-state index is 12.4. The molecule has 0 amide bonds. The first-order chi connectivity index (χ1) is 8.88. The average molecular weight is 288 g/mol. The van der Waals surface area contributed by atoms with Crippen molar-refractivity contribution < 1.29 is 17.9 Å². The third kappa shape index (κ3) is 3.12. The van der Waals surface area contributed by atoms with Gasteiger partial charge in [-0.2, -0.15) is 0 Å². The highest BCUT2D eigenvalue weighted by molar-refractivity contribution is 6.34. The van der Waals surface area contributed by atoms with Crippen molar-refractivity contribution in [3.05, 3.63) is 47.5 Å². The Labute approximate surface area is 112 Å². The molecule has 2 rings (SSSR count). The predicted molar refractivity (Wildman–Crippen MR) is 68.0 cm³/mol. The van der Waals surface area contributed by atoms with Gasteiger partial charge in [0.25, 0.3) is 0 Å². The van der Waals surface area contributed by atoms with Gasteiger partial charge in [0.05, 0.1) is 5.02 Å². The number of ether oxygens (including phenoxy) is 1. The number of rotatable bonds is 2. The van der Waals surface area contributed by atoms with Crippen LogP contribution in [0.25, 0.3) is 11.1 Å². The van der Waals surface area contributed by atoms with Gasteiger partial charge < -0.3 is 10.5 Å². The number of nitrogen functional groups attached to an aromatic ring is 1. The van der Waals surface area contributed by atoms with Gasteiger partial charge in [0.1, 0.15) is 5.75 Å². The molecule has 0 bridgehead atoms. The zero-order valence-electron chi connectivity index (χ0n) is 9.54. The van der Waals surface area contributed by atoms with Crippen LogP contribution in [0.2, 0.25) is 5.02 Å². The smallest absolute Gasteiger partial charge is 0.405 e. The number of benzene rings is 2. The molecule has 0 saturated heterocycles. The molecular weight excluding hydrogens is 279 g/mol. The maximum absolute atomic E-state index is 12.4. The van der Waals surface area contributed by atoms with Crippen molar-refractivity contribution in [3.63, 3.8) is 0 Å². The van der Waals surface area contributed by atoms with Crippen LogP contribution in [0.4, 0.5) is 18.9 Å². The van der Waals surface area contributed by atoms with Crippen LogP contribution in [0.15, 0.2) is 42.5 Å². The number of alkyl halides is 3. The summed E-state index contributed by atoms with van der Waals surface area (Å²) >= 11 is 5.99. The Morgan fingerprint density at radius 3 is 2.32 bits per heavy atom. The van der Waals surface area contributed by atoms with E-state index in [1.54, 1.807) is 24.3 Å². The molecule has 19 heavy (non-hydrogen) atoms. The van der Waals surface area contributed by atoms with Gasteiger partial charge >= 0.3 is 6.36 Å². The molecule has 0 spiro atoms. The summed E-state index contributed by atoms with van der Waals surface area (Å²) in [7, 11) is 0. The van der Waals surface area contributed by atoms with E-state index in [0.717, 1.165) is 0 Å². The van der Waals surface area contributed by atoms with Gasteiger partial charge in [0, 0.05) is 16.8 Å². The van der Waals surface area contributed by atoms with E-state index in [1.165, 1.54) is 18.2 Å². The summed E-state index contributed by atoms with van der Waals surface area (Å²) < 4.78 is 41.0. The van der Waals surface area contributed by atoms with Gasteiger partial charge in [-0.3, -0.25) is 0 Å². The number of nitrogens with two attached hydrogens (primary N) is 1. The molecule has 0 atom stereocenters. The van der Waals surface area contributed by atoms with Crippen LogP contribution < -0.4 is 10.5 Å². The second-order valence-corrected chi connectivity index (χ2v) is 4.16. The van der Waals surface area contributed by atoms with Crippen LogP contribution in [0.5, 0.6) is 5.75 Å². The van der Waals surface area contributed by atoms with Gasteiger partial charge in [-0.05, 0) is 18.2 Å². The molecule has 0 aliphatic rings. The molecule has 0 aromatic heterocycles. The second kappa shape index (κ2) is 5.01. The normalized spacial score (nSPS) is 11.4. The van der Waals surface area contributed by atoms with Crippen LogP contribution in [0, 0.1) is 0 Å². The Morgan fingerprint density at radius 1 is 1.00 bits per heavy atom. The van der Waals surface area contributed by atoms with Crippen LogP contribution in [-0.2, 0) is 0 Å². The molecule has 0 heterocycles. The second-order valence-electron chi connectivity index (χ2n) is 3.75. The molecule has 0 radical (unpaired) electrons. The predicted octanol–water partition coefficient (Wildman–Crippen LogP) is 4.49. The summed E-state index contributed by atoms with van der Waals surface area (Å²) in [6, 6.07) is 10.4. The Hall–Kier alpha value is -1.88. The van der Waals surface area contributed by atoms with Crippen molar-refractivity contribution in [1.82, 2.24) is 0 Å². The molecule has 2 aromatic carbocycles. The Balaban J connectivity index is 2.57. The molecule has 0 aliphatic carbocycles. The molecule has 100 valence electrons. The average Bonchev–Trinajstić information content (AvgIpc) is 2.29. The lowest BCUT2D eigenvalue weighted by Gasteiger charge is -2.15. The molecule has 6 heteroatoms. The lowest BCUT2D eigenvalue weighted by molar-refractivity contribution is -0.274. The van der Waals surface area contributed by atoms with Crippen LogP contribution in [0.1, 0.15) is 0 Å². The van der Waals surface area contributed by atoms with E-state index in [-0.39, 0.29) is 22.0 Å².